The molecule has 0 aliphatic heterocycles. The lowest BCUT2D eigenvalue weighted by molar-refractivity contribution is -0.137. The molecule has 1 aromatic carbocycles. The largest absolute Gasteiger partial charge is 0.491 e. The zero-order valence-corrected chi connectivity index (χ0v) is 15.5. The minimum atomic E-state index is -4.54. The van der Waals surface area contributed by atoms with E-state index in [0.717, 1.165) is 12.1 Å². The van der Waals surface area contributed by atoms with Crippen LogP contribution >= 0.6 is 0 Å². The maximum absolute atomic E-state index is 13.2. The van der Waals surface area contributed by atoms with E-state index in [1.807, 2.05) is 0 Å². The zero-order valence-electron chi connectivity index (χ0n) is 15.5. The summed E-state index contributed by atoms with van der Waals surface area (Å²) in [6.45, 7) is 3.43. The summed E-state index contributed by atoms with van der Waals surface area (Å²) in [6, 6.07) is 3.31. The normalized spacial score (nSPS) is 11.9. The molecule has 0 radical (unpaired) electrons. The molecule has 0 atom stereocenters. The molecular weight excluding hydrogens is 387 g/mol. The predicted octanol–water partition coefficient (Wildman–Crippen LogP) is 3.89. The van der Waals surface area contributed by atoms with E-state index in [2.05, 4.69) is 20.1 Å². The minimum Gasteiger partial charge on any atom is -0.491 e. The molecule has 2 heterocycles. The molecule has 29 heavy (non-hydrogen) atoms. The van der Waals surface area contributed by atoms with Crippen LogP contribution in [0.15, 0.2) is 49.3 Å². The summed E-state index contributed by atoms with van der Waals surface area (Å²) in [4.78, 5) is 23.6. The molecule has 3 rings (SSSR count). The van der Waals surface area contributed by atoms with Gasteiger partial charge in [-0.3, -0.25) is 4.79 Å². The molecule has 0 saturated heterocycles. The second-order valence-electron chi connectivity index (χ2n) is 6.27. The van der Waals surface area contributed by atoms with Crippen LogP contribution in [0, 0.1) is 0 Å². The van der Waals surface area contributed by atoms with Gasteiger partial charge in [0, 0.05) is 30.2 Å². The number of aromatic nitrogens is 5. The Kier molecular flexibility index (Phi) is 5.71. The third-order valence-electron chi connectivity index (χ3n) is 3.60. The molecule has 2 aromatic heterocycles. The van der Waals surface area contributed by atoms with E-state index >= 15 is 0 Å². The highest BCUT2D eigenvalue weighted by Crippen LogP contribution is 2.35. The van der Waals surface area contributed by atoms with Crippen molar-refractivity contribution in [2.45, 2.75) is 26.1 Å². The first-order valence-corrected chi connectivity index (χ1v) is 8.50. The molecule has 0 aliphatic rings. The number of ether oxygens (including phenoxy) is 1. The van der Waals surface area contributed by atoms with Crippen LogP contribution < -0.4 is 4.74 Å². The summed E-state index contributed by atoms with van der Waals surface area (Å²) in [6.07, 6.45) is 3.05. The maximum atomic E-state index is 13.2. The van der Waals surface area contributed by atoms with Crippen LogP contribution in [0.1, 0.15) is 29.8 Å². The van der Waals surface area contributed by atoms with Crippen LogP contribution in [0.4, 0.5) is 13.2 Å². The van der Waals surface area contributed by atoms with Gasteiger partial charge < -0.3 is 4.74 Å². The van der Waals surface area contributed by atoms with Crippen molar-refractivity contribution in [1.82, 2.24) is 24.7 Å². The predicted molar refractivity (Wildman–Crippen MR) is 97.9 cm³/mol. The van der Waals surface area contributed by atoms with Gasteiger partial charge in [-0.2, -0.15) is 13.2 Å². The summed E-state index contributed by atoms with van der Waals surface area (Å²) in [5.41, 5.74) is -0.431. The summed E-state index contributed by atoms with van der Waals surface area (Å²) >= 11 is 0. The average Bonchev–Trinajstić information content (AvgIpc) is 3.14. The third kappa shape index (κ3) is 5.24. The van der Waals surface area contributed by atoms with Gasteiger partial charge in [0.15, 0.2) is 11.6 Å². The lowest BCUT2D eigenvalue weighted by Gasteiger charge is -2.14. The lowest BCUT2D eigenvalue weighted by atomic mass is 10.1. The number of halogens is 3. The number of rotatable bonds is 6. The number of nitrogens with zero attached hydrogens (tertiary/aromatic N) is 5. The van der Waals surface area contributed by atoms with E-state index in [4.69, 9.17) is 4.74 Å². The molecule has 0 spiro atoms. The van der Waals surface area contributed by atoms with Crippen molar-refractivity contribution in [3.8, 4) is 17.1 Å². The highest BCUT2D eigenvalue weighted by atomic mass is 19.4. The standard InChI is InChI=1S/C19H16F3N5O2/c1-12(2)29-16-6-13(5-15(7-16)19(20,21)22)18-25-11-27(26-18)4-3-17(28)14-8-23-10-24-9-14/h3-12H,1-2H3/b4-3-. The maximum Gasteiger partial charge on any atom is 0.416 e. The highest BCUT2D eigenvalue weighted by molar-refractivity contribution is 6.05. The molecule has 0 N–H and O–H groups in total. The second kappa shape index (κ2) is 8.21. The molecule has 0 fully saturated rings. The summed E-state index contributed by atoms with van der Waals surface area (Å²) < 4.78 is 46.3. The molecule has 0 aliphatic carbocycles. The Morgan fingerprint density at radius 2 is 1.90 bits per heavy atom. The zero-order chi connectivity index (χ0) is 21.0. The van der Waals surface area contributed by atoms with E-state index in [-0.39, 0.29) is 34.6 Å². The van der Waals surface area contributed by atoms with Gasteiger partial charge in [0.25, 0.3) is 0 Å². The number of carbonyl (C=O) groups is 1. The average molecular weight is 403 g/mol. The van der Waals surface area contributed by atoms with Crippen molar-refractivity contribution in [3.63, 3.8) is 0 Å². The van der Waals surface area contributed by atoms with Gasteiger partial charge in [-0.15, -0.1) is 5.10 Å². The molecule has 7 nitrogen and oxygen atoms in total. The second-order valence-corrected chi connectivity index (χ2v) is 6.27. The van der Waals surface area contributed by atoms with Crippen molar-refractivity contribution in [3.05, 3.63) is 60.5 Å². The molecule has 150 valence electrons. The fraction of sp³-hybridized carbons (Fsp3) is 0.211. The molecular formula is C19H16F3N5O2. The van der Waals surface area contributed by atoms with Crippen molar-refractivity contribution in [2.24, 2.45) is 0 Å². The molecule has 0 amide bonds. The Morgan fingerprint density at radius 1 is 1.17 bits per heavy atom. The summed E-state index contributed by atoms with van der Waals surface area (Å²) in [7, 11) is 0. The fourth-order valence-electron chi connectivity index (χ4n) is 2.38. The van der Waals surface area contributed by atoms with Crippen molar-refractivity contribution >= 4 is 12.0 Å². The molecule has 0 unspecified atom stereocenters. The molecule has 3 aromatic rings. The number of hydrogen-bond donors (Lipinski definition) is 0. The monoisotopic (exact) mass is 403 g/mol. The number of allylic oxidation sites excluding steroid dienone is 1. The van der Waals surface area contributed by atoms with E-state index in [0.29, 0.717) is 0 Å². The van der Waals surface area contributed by atoms with E-state index in [9.17, 15) is 18.0 Å². The van der Waals surface area contributed by atoms with Crippen LogP contribution in [-0.2, 0) is 6.18 Å². The van der Waals surface area contributed by atoms with Crippen molar-refractivity contribution in [2.75, 3.05) is 0 Å². The minimum absolute atomic E-state index is 0.0600. The third-order valence-corrected chi connectivity index (χ3v) is 3.60. The van der Waals surface area contributed by atoms with Gasteiger partial charge in [-0.05, 0) is 32.0 Å². The molecule has 0 saturated carbocycles. The van der Waals surface area contributed by atoms with E-state index in [1.165, 1.54) is 48.1 Å². The van der Waals surface area contributed by atoms with E-state index in [1.54, 1.807) is 13.8 Å². The Hall–Kier alpha value is -3.56. The highest BCUT2D eigenvalue weighted by Gasteiger charge is 2.32. The quantitative estimate of drug-likeness (QED) is 0.459. The number of hydrogen-bond acceptors (Lipinski definition) is 6. The Labute approximate surface area is 163 Å². The summed E-state index contributed by atoms with van der Waals surface area (Å²) in [5, 5.41) is 4.10. The van der Waals surface area contributed by atoms with Gasteiger partial charge in [0.1, 0.15) is 18.4 Å². The van der Waals surface area contributed by atoms with Gasteiger partial charge in [-0.1, -0.05) is 0 Å². The van der Waals surface area contributed by atoms with Crippen LogP contribution in [0.5, 0.6) is 5.75 Å². The van der Waals surface area contributed by atoms with Gasteiger partial charge in [0.2, 0.25) is 0 Å². The Morgan fingerprint density at radius 3 is 2.55 bits per heavy atom. The van der Waals surface area contributed by atoms with Gasteiger partial charge in [0.05, 0.1) is 17.2 Å². The topological polar surface area (TPSA) is 82.8 Å². The van der Waals surface area contributed by atoms with Crippen LogP contribution in [0.25, 0.3) is 17.6 Å². The summed E-state index contributed by atoms with van der Waals surface area (Å²) in [5.74, 6) is -0.227. The SMILES string of the molecule is CC(C)Oc1cc(-c2ncn(/C=C\C(=O)c3cncnc3)n2)cc(C(F)(F)F)c1. The Bertz CT molecular complexity index is 1030. The first-order chi connectivity index (χ1) is 13.7. The fourth-order valence-corrected chi connectivity index (χ4v) is 2.38. The van der Waals surface area contributed by atoms with Crippen LogP contribution in [0.3, 0.4) is 0 Å². The van der Waals surface area contributed by atoms with Crippen molar-refractivity contribution in [1.29, 1.82) is 0 Å². The van der Waals surface area contributed by atoms with Gasteiger partial charge in [-0.25, -0.2) is 19.6 Å². The van der Waals surface area contributed by atoms with Crippen LogP contribution in [-0.4, -0.2) is 36.6 Å². The first kappa shape index (κ1) is 20.2. The van der Waals surface area contributed by atoms with Crippen LogP contribution in [0.2, 0.25) is 0 Å². The number of alkyl halides is 3. The number of carbonyl (C=O) groups excluding carboxylic acids is 1. The lowest BCUT2D eigenvalue weighted by Crippen LogP contribution is -2.09. The van der Waals surface area contributed by atoms with Crippen molar-refractivity contribution < 1.29 is 22.7 Å². The molecule has 0 bridgehead atoms. The smallest absolute Gasteiger partial charge is 0.416 e. The number of ketones is 1. The Balaban J connectivity index is 1.87. The first-order valence-electron chi connectivity index (χ1n) is 8.50. The molecule has 10 heteroatoms. The van der Waals surface area contributed by atoms with Gasteiger partial charge >= 0.3 is 6.18 Å². The van der Waals surface area contributed by atoms with E-state index < -0.39 is 11.7 Å². The number of benzene rings is 1.